The predicted octanol–water partition coefficient (Wildman–Crippen LogP) is 5.24. The highest BCUT2D eigenvalue weighted by Crippen LogP contribution is 2.04. The van der Waals surface area contributed by atoms with Crippen LogP contribution in [-0.4, -0.2) is 0 Å². The molecule has 0 aromatic rings. The second kappa shape index (κ2) is 18.3. The summed E-state index contributed by atoms with van der Waals surface area (Å²) in [5, 5.41) is 0. The van der Waals surface area contributed by atoms with Crippen LogP contribution in [0.2, 0.25) is 0 Å². The summed E-state index contributed by atoms with van der Waals surface area (Å²) in [6.07, 6.45) is 14.1. The molecule has 13 heavy (non-hydrogen) atoms. The Morgan fingerprint density at radius 3 is 2.15 bits per heavy atom. The minimum atomic E-state index is 0. The Hall–Kier alpha value is 0.440. The first kappa shape index (κ1) is 19.1. The molecule has 0 rings (SSSR count). The van der Waals surface area contributed by atoms with Crippen molar-refractivity contribution in [3.8, 4) is 0 Å². The lowest BCUT2D eigenvalue weighted by Gasteiger charge is -1.95. The quantitative estimate of drug-likeness (QED) is 0.445. The van der Waals surface area contributed by atoms with E-state index in [2.05, 4.69) is 19.6 Å². The van der Waals surface area contributed by atoms with E-state index in [1.807, 2.05) is 12.2 Å². The third-order valence-electron chi connectivity index (χ3n) is 1.75. The van der Waals surface area contributed by atoms with Crippen molar-refractivity contribution in [3.63, 3.8) is 0 Å². The van der Waals surface area contributed by atoms with Gasteiger partial charge in [0.1, 0.15) is 0 Å². The van der Waals surface area contributed by atoms with E-state index in [4.69, 9.17) is 0 Å². The fourth-order valence-corrected chi connectivity index (χ4v) is 1.06. The van der Waals surface area contributed by atoms with Gasteiger partial charge < -0.3 is 0 Å². The SMILES string of the molecule is Br.Br.C=CC=CCCCCCCC. The number of halogens is 2. The van der Waals surface area contributed by atoms with E-state index in [9.17, 15) is 0 Å². The second-order valence-corrected chi connectivity index (χ2v) is 2.87. The van der Waals surface area contributed by atoms with Gasteiger partial charge in [-0.25, -0.2) is 0 Å². The number of hydrogen-bond acceptors (Lipinski definition) is 0. The van der Waals surface area contributed by atoms with Crippen molar-refractivity contribution in [2.24, 2.45) is 0 Å². The van der Waals surface area contributed by atoms with E-state index in [1.165, 1.54) is 38.5 Å². The van der Waals surface area contributed by atoms with E-state index < -0.39 is 0 Å². The summed E-state index contributed by atoms with van der Waals surface area (Å²) in [7, 11) is 0. The molecule has 0 heterocycles. The van der Waals surface area contributed by atoms with Crippen LogP contribution < -0.4 is 0 Å². The smallest absolute Gasteiger partial charge is 0.0348 e. The summed E-state index contributed by atoms with van der Waals surface area (Å²) < 4.78 is 0. The standard InChI is InChI=1S/C11H20.2BrH/c1-3-5-7-9-11-10-8-6-4-2;;/h3,5,7H,1,4,6,8-11H2,2H3;2*1H. The van der Waals surface area contributed by atoms with Crippen molar-refractivity contribution in [2.75, 3.05) is 0 Å². The first-order valence-corrected chi connectivity index (χ1v) is 4.69. The van der Waals surface area contributed by atoms with Crippen LogP contribution in [-0.2, 0) is 0 Å². The van der Waals surface area contributed by atoms with Crippen molar-refractivity contribution in [2.45, 2.75) is 45.4 Å². The van der Waals surface area contributed by atoms with Crippen LogP contribution in [0.15, 0.2) is 24.8 Å². The Balaban J connectivity index is -0.000000500. The lowest BCUT2D eigenvalue weighted by Crippen LogP contribution is -1.75. The van der Waals surface area contributed by atoms with Crippen LogP contribution in [0.5, 0.6) is 0 Å². The molecule has 0 atom stereocenters. The molecule has 0 radical (unpaired) electrons. The molecular weight excluding hydrogens is 292 g/mol. The lowest BCUT2D eigenvalue weighted by molar-refractivity contribution is 0.637. The van der Waals surface area contributed by atoms with Crippen molar-refractivity contribution >= 4 is 34.0 Å². The van der Waals surface area contributed by atoms with Crippen LogP contribution in [0.1, 0.15) is 45.4 Å². The van der Waals surface area contributed by atoms with Crippen molar-refractivity contribution in [1.29, 1.82) is 0 Å². The maximum atomic E-state index is 3.62. The van der Waals surface area contributed by atoms with Crippen LogP contribution in [0, 0.1) is 0 Å². The second-order valence-electron chi connectivity index (χ2n) is 2.87. The average molecular weight is 314 g/mol. The summed E-state index contributed by atoms with van der Waals surface area (Å²) in [5.74, 6) is 0. The van der Waals surface area contributed by atoms with E-state index in [1.54, 1.807) is 0 Å². The number of allylic oxidation sites excluding steroid dienone is 3. The molecule has 0 bridgehead atoms. The van der Waals surface area contributed by atoms with Crippen molar-refractivity contribution in [3.05, 3.63) is 24.8 Å². The van der Waals surface area contributed by atoms with Gasteiger partial charge in [-0.15, -0.1) is 34.0 Å². The Labute approximate surface area is 104 Å². The zero-order valence-corrected chi connectivity index (χ0v) is 11.9. The highest BCUT2D eigenvalue weighted by molar-refractivity contribution is 8.93. The van der Waals surface area contributed by atoms with Gasteiger partial charge in [-0.2, -0.15) is 0 Å². The van der Waals surface area contributed by atoms with E-state index >= 15 is 0 Å². The number of unbranched alkanes of at least 4 members (excludes halogenated alkanes) is 5. The molecular formula is C11H22Br2. The topological polar surface area (TPSA) is 0 Å². The molecule has 0 aliphatic carbocycles. The van der Waals surface area contributed by atoms with Crippen LogP contribution in [0.3, 0.4) is 0 Å². The van der Waals surface area contributed by atoms with Crippen LogP contribution >= 0.6 is 34.0 Å². The molecule has 0 aliphatic heterocycles. The minimum Gasteiger partial charge on any atom is -0.114 e. The summed E-state index contributed by atoms with van der Waals surface area (Å²) in [6.45, 7) is 5.87. The van der Waals surface area contributed by atoms with Gasteiger partial charge in [0.15, 0.2) is 0 Å². The highest BCUT2D eigenvalue weighted by Gasteiger charge is 1.85. The largest absolute Gasteiger partial charge is 0.114 e. The van der Waals surface area contributed by atoms with Gasteiger partial charge in [-0.1, -0.05) is 57.4 Å². The van der Waals surface area contributed by atoms with Crippen molar-refractivity contribution < 1.29 is 0 Å². The fraction of sp³-hybridized carbons (Fsp3) is 0.636. The van der Waals surface area contributed by atoms with Gasteiger partial charge in [-0.05, 0) is 12.8 Å². The zero-order valence-electron chi connectivity index (χ0n) is 8.50. The van der Waals surface area contributed by atoms with Crippen LogP contribution in [0.25, 0.3) is 0 Å². The third kappa shape index (κ3) is 19.0. The van der Waals surface area contributed by atoms with Gasteiger partial charge >= 0.3 is 0 Å². The zero-order chi connectivity index (χ0) is 8.36. The average Bonchev–Trinajstić information content (AvgIpc) is 2.03. The monoisotopic (exact) mass is 312 g/mol. The minimum absolute atomic E-state index is 0. The molecule has 0 aromatic carbocycles. The molecule has 80 valence electrons. The Bertz CT molecular complexity index is 109. The molecule has 0 unspecified atom stereocenters. The first-order valence-electron chi connectivity index (χ1n) is 4.69. The summed E-state index contributed by atoms with van der Waals surface area (Å²) in [6, 6.07) is 0. The fourth-order valence-electron chi connectivity index (χ4n) is 1.06. The molecule has 0 saturated carbocycles. The molecule has 0 saturated heterocycles. The predicted molar refractivity (Wildman–Crippen MR) is 73.4 cm³/mol. The number of hydrogen-bond donors (Lipinski definition) is 0. The summed E-state index contributed by atoms with van der Waals surface area (Å²) >= 11 is 0. The Morgan fingerprint density at radius 2 is 1.62 bits per heavy atom. The maximum Gasteiger partial charge on any atom is -0.0348 e. The third-order valence-corrected chi connectivity index (χ3v) is 1.75. The molecule has 0 fully saturated rings. The normalized spacial score (nSPS) is 9.00. The molecule has 0 amide bonds. The van der Waals surface area contributed by atoms with Gasteiger partial charge in [-0.3, -0.25) is 0 Å². The van der Waals surface area contributed by atoms with Crippen LogP contribution in [0.4, 0.5) is 0 Å². The lowest BCUT2D eigenvalue weighted by atomic mass is 10.1. The van der Waals surface area contributed by atoms with Gasteiger partial charge in [0.2, 0.25) is 0 Å². The molecule has 2 heteroatoms. The van der Waals surface area contributed by atoms with E-state index in [0.29, 0.717) is 0 Å². The van der Waals surface area contributed by atoms with Gasteiger partial charge in [0.25, 0.3) is 0 Å². The molecule has 0 spiro atoms. The highest BCUT2D eigenvalue weighted by atomic mass is 79.9. The van der Waals surface area contributed by atoms with Gasteiger partial charge in [0, 0.05) is 0 Å². The summed E-state index contributed by atoms with van der Waals surface area (Å²) in [5.41, 5.74) is 0. The molecule has 0 aromatic heterocycles. The number of rotatable bonds is 7. The molecule has 0 nitrogen and oxygen atoms in total. The summed E-state index contributed by atoms with van der Waals surface area (Å²) in [4.78, 5) is 0. The van der Waals surface area contributed by atoms with Gasteiger partial charge in [0.05, 0.1) is 0 Å². The molecule has 0 aliphatic rings. The van der Waals surface area contributed by atoms with E-state index in [-0.39, 0.29) is 34.0 Å². The Kier molecular flexibility index (Phi) is 26.8. The Morgan fingerprint density at radius 1 is 1.00 bits per heavy atom. The molecule has 0 N–H and O–H groups in total. The van der Waals surface area contributed by atoms with E-state index in [0.717, 1.165) is 0 Å². The maximum absolute atomic E-state index is 3.62. The van der Waals surface area contributed by atoms with Crippen molar-refractivity contribution in [1.82, 2.24) is 0 Å². The first-order chi connectivity index (χ1) is 5.41.